The second-order valence-corrected chi connectivity index (χ2v) is 8.14. The van der Waals surface area contributed by atoms with Crippen molar-refractivity contribution in [2.24, 2.45) is 0 Å². The van der Waals surface area contributed by atoms with E-state index in [-0.39, 0.29) is 5.41 Å². The normalized spacial score (nSPS) is 13.1. The Morgan fingerprint density at radius 3 is 1.47 bits per heavy atom. The first kappa shape index (κ1) is 24.7. The number of rotatable bonds is 12. The van der Waals surface area contributed by atoms with Crippen LogP contribution in [-0.4, -0.2) is 25.4 Å². The van der Waals surface area contributed by atoms with E-state index in [2.05, 4.69) is 67.0 Å². The van der Waals surface area contributed by atoms with E-state index in [1.807, 2.05) is 0 Å². The maximum Gasteiger partial charge on any atom is 0.469 e. The number of benzene rings is 2. The summed E-state index contributed by atoms with van der Waals surface area (Å²) in [5, 5.41) is 15.1. The van der Waals surface area contributed by atoms with Crippen LogP contribution < -0.4 is 0 Å². The van der Waals surface area contributed by atoms with Crippen molar-refractivity contribution in [2.45, 2.75) is 83.5 Å². The molecule has 0 fully saturated rings. The lowest BCUT2D eigenvalue weighted by Gasteiger charge is -2.33. The lowest BCUT2D eigenvalue weighted by Crippen LogP contribution is -2.25. The van der Waals surface area contributed by atoms with E-state index in [0.717, 1.165) is 0 Å². The van der Waals surface area contributed by atoms with Gasteiger partial charge in [-0.25, -0.2) is 0 Å². The molecule has 2 aromatic carbocycles. The predicted molar refractivity (Wildman–Crippen MR) is 127 cm³/mol. The molecule has 0 heterocycles. The van der Waals surface area contributed by atoms with Gasteiger partial charge in [-0.3, -0.25) is 0 Å². The summed E-state index contributed by atoms with van der Waals surface area (Å²) in [4.78, 5) is 0. The molecule has 2 radical (unpaired) electrons. The molecule has 0 amide bonds. The second kappa shape index (κ2) is 13.7. The Balaban J connectivity index is 0.000000575. The van der Waals surface area contributed by atoms with E-state index in [1.165, 1.54) is 75.3 Å². The Morgan fingerprint density at radius 2 is 1.10 bits per heavy atom. The molecular weight excluding hydrogens is 370 g/mol. The van der Waals surface area contributed by atoms with E-state index < -0.39 is 0 Å². The van der Waals surface area contributed by atoms with E-state index in [9.17, 15) is 0 Å². The van der Waals surface area contributed by atoms with Crippen molar-refractivity contribution in [3.8, 4) is 11.1 Å². The molecule has 3 rings (SSSR count). The quantitative estimate of drug-likeness (QED) is 0.338. The summed E-state index contributed by atoms with van der Waals surface area (Å²) < 4.78 is 3.69. The Bertz CT molecular complexity index is 674. The number of fused-ring (bicyclic) bond motifs is 3. The average molecular weight is 406 g/mol. The number of hydrogen-bond donors (Lipinski definition) is 2. The van der Waals surface area contributed by atoms with Gasteiger partial charge in [-0.1, -0.05) is 114 Å². The largest absolute Gasteiger partial charge is 0.469 e. The van der Waals surface area contributed by atoms with Gasteiger partial charge in [-0.2, -0.15) is 0 Å². The van der Waals surface area contributed by atoms with Crippen molar-refractivity contribution in [3.63, 3.8) is 0 Å². The Morgan fingerprint density at radius 1 is 0.667 bits per heavy atom. The van der Waals surface area contributed by atoms with E-state index in [0.29, 0.717) is 15.4 Å². The van der Waals surface area contributed by atoms with Crippen molar-refractivity contribution in [1.29, 1.82) is 0 Å². The lowest BCUT2D eigenvalue weighted by molar-refractivity contribution is 0.401. The third kappa shape index (κ3) is 6.23. The second-order valence-electron chi connectivity index (χ2n) is 8.14. The minimum absolute atomic E-state index is 0.259. The van der Waals surface area contributed by atoms with Crippen LogP contribution in [0.2, 0.25) is 0 Å². The highest BCUT2D eigenvalue weighted by Crippen LogP contribution is 2.53. The Hall–Kier alpha value is -1.55. The summed E-state index contributed by atoms with van der Waals surface area (Å²) in [7, 11) is 0.750. The van der Waals surface area contributed by atoms with Crippen molar-refractivity contribution < 1.29 is 14.6 Å². The molecule has 0 aromatic heterocycles. The highest BCUT2D eigenvalue weighted by Gasteiger charge is 2.41. The lowest BCUT2D eigenvalue weighted by atomic mass is 9.70. The molecule has 0 bridgehead atoms. The van der Waals surface area contributed by atoms with Crippen LogP contribution in [0.25, 0.3) is 11.1 Å². The molecule has 0 spiro atoms. The van der Waals surface area contributed by atoms with Crippen molar-refractivity contribution in [2.75, 3.05) is 0 Å². The van der Waals surface area contributed by atoms with Crippen LogP contribution in [0.4, 0.5) is 0 Å². The van der Waals surface area contributed by atoms with Crippen LogP contribution in [-0.2, 0) is 9.99 Å². The zero-order valence-electron chi connectivity index (χ0n) is 18.6. The van der Waals surface area contributed by atoms with Gasteiger partial charge in [0.1, 0.15) is 0 Å². The van der Waals surface area contributed by atoms with Gasteiger partial charge in [0.15, 0.2) is 0 Å². The van der Waals surface area contributed by atoms with Gasteiger partial charge < -0.3 is 14.6 Å². The van der Waals surface area contributed by atoms with Crippen LogP contribution >= 0.6 is 0 Å². The molecule has 5 heteroatoms. The van der Waals surface area contributed by atoms with Crippen LogP contribution in [0.5, 0.6) is 0 Å². The minimum Gasteiger partial charge on any atom is -0.456 e. The highest BCUT2D eigenvalue weighted by atomic mass is 16.5. The van der Waals surface area contributed by atoms with Crippen molar-refractivity contribution >= 4 is 15.4 Å². The van der Waals surface area contributed by atoms with Crippen LogP contribution in [0.3, 0.4) is 0 Å². The monoisotopic (exact) mass is 406 g/mol. The predicted octanol–water partition coefficient (Wildman–Crippen LogP) is 5.95. The van der Waals surface area contributed by atoms with Crippen molar-refractivity contribution in [1.82, 2.24) is 0 Å². The smallest absolute Gasteiger partial charge is 0.456 e. The number of hydrogen-bond acceptors (Lipinski definition) is 3. The van der Waals surface area contributed by atoms with Gasteiger partial charge >= 0.3 is 15.4 Å². The summed E-state index contributed by atoms with van der Waals surface area (Å²) in [6, 6.07) is 18.4. The molecule has 0 aliphatic heterocycles. The maximum atomic E-state index is 7.53. The molecule has 0 saturated carbocycles. The number of unbranched alkanes of at least 4 members (excludes halogenated alkanes) is 6. The van der Waals surface area contributed by atoms with Gasteiger partial charge in [-0.05, 0) is 35.1 Å². The zero-order chi connectivity index (χ0) is 21.7. The Kier molecular flexibility index (Phi) is 11.3. The molecular formula is C25H36B2O3. The third-order valence-corrected chi connectivity index (χ3v) is 6.21. The van der Waals surface area contributed by atoms with Crippen LogP contribution in [0.15, 0.2) is 48.5 Å². The van der Waals surface area contributed by atoms with Gasteiger partial charge in [-0.15, -0.1) is 0 Å². The first-order chi connectivity index (χ1) is 14.7. The topological polar surface area (TPSA) is 49.7 Å². The molecule has 3 nitrogen and oxygen atoms in total. The molecule has 30 heavy (non-hydrogen) atoms. The Labute approximate surface area is 184 Å². The summed E-state index contributed by atoms with van der Waals surface area (Å²) >= 11 is 0. The zero-order valence-corrected chi connectivity index (χ0v) is 18.6. The minimum atomic E-state index is 0.259. The van der Waals surface area contributed by atoms with Crippen LogP contribution in [0.1, 0.15) is 89.2 Å². The molecule has 0 saturated heterocycles. The molecule has 1 aliphatic rings. The molecule has 2 N–H and O–H groups in total. The van der Waals surface area contributed by atoms with E-state index >= 15 is 0 Å². The SMILES string of the molecule is CCCCCCC1(CCCCCC)c2ccccc2-c2ccccc21.O[B]O[B]O. The fourth-order valence-corrected chi connectivity index (χ4v) is 4.81. The molecule has 0 unspecified atom stereocenters. The van der Waals surface area contributed by atoms with E-state index in [4.69, 9.17) is 10.0 Å². The molecule has 2 aromatic rings. The molecule has 160 valence electrons. The van der Waals surface area contributed by atoms with E-state index in [1.54, 1.807) is 11.1 Å². The summed E-state index contributed by atoms with van der Waals surface area (Å²) in [5.41, 5.74) is 6.44. The highest BCUT2D eigenvalue weighted by molar-refractivity contribution is 6.32. The maximum absolute atomic E-state index is 7.53. The van der Waals surface area contributed by atoms with Crippen molar-refractivity contribution in [3.05, 3.63) is 59.7 Å². The fourth-order valence-electron chi connectivity index (χ4n) is 4.81. The van der Waals surface area contributed by atoms with Gasteiger partial charge in [0.2, 0.25) is 0 Å². The van der Waals surface area contributed by atoms with Gasteiger partial charge in [0.25, 0.3) is 0 Å². The standard InChI is InChI=1S/C25H34.B2H2O3/c1-3-5-7-13-19-25(20-14-8-6-4-2)23-17-11-9-15-21(23)22-16-10-12-18-24(22)25;3-1-5-2-4/h9-12,15-18H,3-8,13-14,19-20H2,1-2H3;3-4H. The van der Waals surface area contributed by atoms with Gasteiger partial charge in [0, 0.05) is 5.41 Å². The third-order valence-electron chi connectivity index (χ3n) is 6.21. The average Bonchev–Trinajstić information content (AvgIpc) is 3.06. The molecule has 0 atom stereocenters. The summed E-state index contributed by atoms with van der Waals surface area (Å²) in [6.07, 6.45) is 13.4. The first-order valence-electron chi connectivity index (χ1n) is 11.5. The fraction of sp³-hybridized carbons (Fsp3) is 0.520. The van der Waals surface area contributed by atoms with Gasteiger partial charge in [0.05, 0.1) is 0 Å². The summed E-state index contributed by atoms with van der Waals surface area (Å²) in [5.74, 6) is 0. The first-order valence-corrected chi connectivity index (χ1v) is 11.5. The molecule has 1 aliphatic carbocycles. The summed E-state index contributed by atoms with van der Waals surface area (Å²) in [6.45, 7) is 4.61. The van der Waals surface area contributed by atoms with Crippen LogP contribution in [0, 0.1) is 0 Å².